The van der Waals surface area contributed by atoms with E-state index < -0.39 is 18.1 Å². The monoisotopic (exact) mass is 279 g/mol. The average molecular weight is 279 g/mol. The standard InChI is InChI=1S/C14H24F3NO/c1-13(2)11(8-12(13)19-3)18-10-7-5-4-6-9(10)14(15,16)17/h9-12,18H,4-8H2,1-3H3. The summed E-state index contributed by atoms with van der Waals surface area (Å²) in [6.07, 6.45) is -0.631. The van der Waals surface area contributed by atoms with Crippen LogP contribution in [-0.4, -0.2) is 31.5 Å². The Morgan fingerprint density at radius 2 is 1.79 bits per heavy atom. The van der Waals surface area contributed by atoms with Gasteiger partial charge in [-0.1, -0.05) is 26.7 Å². The molecule has 4 atom stereocenters. The summed E-state index contributed by atoms with van der Waals surface area (Å²) in [6, 6.07) is -0.291. The number of rotatable bonds is 3. The van der Waals surface area contributed by atoms with Crippen LogP contribution in [0.5, 0.6) is 0 Å². The summed E-state index contributed by atoms with van der Waals surface area (Å²) >= 11 is 0. The highest BCUT2D eigenvalue weighted by Crippen LogP contribution is 2.45. The number of hydrogen-bond donors (Lipinski definition) is 1. The van der Waals surface area contributed by atoms with Crippen LogP contribution in [0.15, 0.2) is 0 Å². The lowest BCUT2D eigenvalue weighted by Crippen LogP contribution is -2.64. The molecule has 0 radical (unpaired) electrons. The van der Waals surface area contributed by atoms with Gasteiger partial charge in [-0.05, 0) is 19.3 Å². The van der Waals surface area contributed by atoms with Gasteiger partial charge >= 0.3 is 6.18 Å². The van der Waals surface area contributed by atoms with Crippen LogP contribution in [-0.2, 0) is 4.74 Å². The SMILES string of the molecule is COC1CC(NC2CCCCC2C(F)(F)F)C1(C)C. The van der Waals surface area contributed by atoms with Crippen LogP contribution in [0.4, 0.5) is 13.2 Å². The summed E-state index contributed by atoms with van der Waals surface area (Å²) in [5, 5.41) is 3.27. The fraction of sp³-hybridized carbons (Fsp3) is 1.00. The third kappa shape index (κ3) is 2.92. The maximum absolute atomic E-state index is 13.0. The highest BCUT2D eigenvalue weighted by Gasteiger charge is 2.52. The summed E-state index contributed by atoms with van der Waals surface area (Å²) < 4.78 is 44.5. The van der Waals surface area contributed by atoms with E-state index >= 15 is 0 Å². The molecular formula is C14H24F3NO. The van der Waals surface area contributed by atoms with Crippen LogP contribution in [0, 0.1) is 11.3 Å². The molecule has 0 aromatic heterocycles. The molecular weight excluding hydrogens is 255 g/mol. The van der Waals surface area contributed by atoms with Gasteiger partial charge in [0, 0.05) is 24.6 Å². The summed E-state index contributed by atoms with van der Waals surface area (Å²) in [5.74, 6) is -1.18. The second-order valence-corrected chi connectivity index (χ2v) is 6.54. The molecule has 4 unspecified atom stereocenters. The third-order valence-electron chi connectivity index (χ3n) is 5.06. The molecule has 2 rings (SSSR count). The molecule has 2 aliphatic rings. The van der Waals surface area contributed by atoms with Crippen LogP contribution >= 0.6 is 0 Å². The molecule has 0 spiro atoms. The normalized spacial score (nSPS) is 38.8. The predicted octanol–water partition coefficient (Wildman–Crippen LogP) is 3.51. The van der Waals surface area contributed by atoms with Crippen molar-refractivity contribution in [2.75, 3.05) is 7.11 Å². The van der Waals surface area contributed by atoms with Gasteiger partial charge in [-0.15, -0.1) is 0 Å². The smallest absolute Gasteiger partial charge is 0.381 e. The molecule has 0 amide bonds. The third-order valence-corrected chi connectivity index (χ3v) is 5.06. The van der Waals surface area contributed by atoms with E-state index in [1.807, 2.05) is 0 Å². The highest BCUT2D eigenvalue weighted by atomic mass is 19.4. The van der Waals surface area contributed by atoms with Crippen molar-refractivity contribution in [2.45, 2.75) is 70.3 Å². The van der Waals surface area contributed by atoms with Crippen LogP contribution in [0.1, 0.15) is 46.0 Å². The molecule has 2 nitrogen and oxygen atoms in total. The van der Waals surface area contributed by atoms with Gasteiger partial charge in [0.1, 0.15) is 0 Å². The van der Waals surface area contributed by atoms with Crippen LogP contribution in [0.25, 0.3) is 0 Å². The molecule has 0 aliphatic heterocycles. The first kappa shape index (κ1) is 15.1. The average Bonchev–Trinajstić information content (AvgIpc) is 2.33. The molecule has 0 heterocycles. The van der Waals surface area contributed by atoms with Gasteiger partial charge < -0.3 is 10.1 Å². The topological polar surface area (TPSA) is 21.3 Å². The Bertz CT molecular complexity index is 316. The van der Waals surface area contributed by atoms with Gasteiger partial charge in [-0.2, -0.15) is 13.2 Å². The Balaban J connectivity index is 1.98. The molecule has 2 aliphatic carbocycles. The van der Waals surface area contributed by atoms with Crippen molar-refractivity contribution in [3.63, 3.8) is 0 Å². The first-order valence-electron chi connectivity index (χ1n) is 7.12. The van der Waals surface area contributed by atoms with Gasteiger partial charge in [0.2, 0.25) is 0 Å². The quantitative estimate of drug-likeness (QED) is 0.853. The second-order valence-electron chi connectivity index (χ2n) is 6.54. The molecule has 1 N–H and O–H groups in total. The lowest BCUT2D eigenvalue weighted by molar-refractivity contribution is -0.193. The maximum Gasteiger partial charge on any atom is 0.393 e. The first-order valence-corrected chi connectivity index (χ1v) is 7.12. The molecule has 2 fully saturated rings. The van der Waals surface area contributed by atoms with Crippen LogP contribution in [0.3, 0.4) is 0 Å². The summed E-state index contributed by atoms with van der Waals surface area (Å²) in [7, 11) is 1.67. The second kappa shape index (κ2) is 5.24. The Kier molecular flexibility index (Phi) is 4.17. The zero-order valence-corrected chi connectivity index (χ0v) is 11.9. The molecule has 0 bridgehead atoms. The molecule has 0 aromatic carbocycles. The Hall–Kier alpha value is -0.290. The molecule has 0 saturated heterocycles. The zero-order chi connectivity index (χ0) is 14.3. The summed E-state index contributed by atoms with van der Waals surface area (Å²) in [6.45, 7) is 4.13. The number of halogens is 3. The van der Waals surface area contributed by atoms with Crippen LogP contribution < -0.4 is 5.32 Å². The van der Waals surface area contributed by atoms with E-state index in [9.17, 15) is 13.2 Å². The maximum atomic E-state index is 13.0. The lowest BCUT2D eigenvalue weighted by atomic mass is 9.64. The molecule has 112 valence electrons. The van der Waals surface area contributed by atoms with Gasteiger partial charge in [0.25, 0.3) is 0 Å². The summed E-state index contributed by atoms with van der Waals surface area (Å²) in [4.78, 5) is 0. The Morgan fingerprint density at radius 1 is 1.16 bits per heavy atom. The Labute approximate surface area is 113 Å². The van der Waals surface area contributed by atoms with Gasteiger partial charge in [0.05, 0.1) is 12.0 Å². The van der Waals surface area contributed by atoms with Crippen molar-refractivity contribution in [3.8, 4) is 0 Å². The van der Waals surface area contributed by atoms with Gasteiger partial charge in [0.15, 0.2) is 0 Å². The van der Waals surface area contributed by atoms with E-state index in [-0.39, 0.29) is 24.0 Å². The van der Waals surface area contributed by atoms with E-state index in [0.717, 1.165) is 12.8 Å². The van der Waals surface area contributed by atoms with E-state index in [0.29, 0.717) is 12.8 Å². The minimum atomic E-state index is -4.08. The van der Waals surface area contributed by atoms with E-state index in [1.54, 1.807) is 7.11 Å². The number of hydrogen-bond acceptors (Lipinski definition) is 2. The van der Waals surface area contributed by atoms with E-state index in [4.69, 9.17) is 4.74 Å². The fourth-order valence-electron chi connectivity index (χ4n) is 3.55. The van der Waals surface area contributed by atoms with Crippen molar-refractivity contribution in [3.05, 3.63) is 0 Å². The minimum absolute atomic E-state index is 0.0810. The van der Waals surface area contributed by atoms with Crippen molar-refractivity contribution < 1.29 is 17.9 Å². The first-order chi connectivity index (χ1) is 8.76. The minimum Gasteiger partial charge on any atom is -0.381 e. The van der Waals surface area contributed by atoms with E-state index in [2.05, 4.69) is 19.2 Å². The molecule has 5 heteroatoms. The largest absolute Gasteiger partial charge is 0.393 e. The van der Waals surface area contributed by atoms with Gasteiger partial charge in [-0.3, -0.25) is 0 Å². The van der Waals surface area contributed by atoms with E-state index in [1.165, 1.54) is 0 Å². The fourth-order valence-corrected chi connectivity index (χ4v) is 3.55. The predicted molar refractivity (Wildman–Crippen MR) is 67.9 cm³/mol. The summed E-state index contributed by atoms with van der Waals surface area (Å²) in [5.41, 5.74) is -0.0810. The number of ether oxygens (including phenoxy) is 1. The van der Waals surface area contributed by atoms with Crippen molar-refractivity contribution in [1.29, 1.82) is 0 Å². The number of methoxy groups -OCH3 is 1. The zero-order valence-electron chi connectivity index (χ0n) is 11.9. The molecule has 2 saturated carbocycles. The Morgan fingerprint density at radius 3 is 2.32 bits per heavy atom. The number of alkyl halides is 3. The lowest BCUT2D eigenvalue weighted by Gasteiger charge is -2.53. The van der Waals surface area contributed by atoms with Crippen molar-refractivity contribution >= 4 is 0 Å². The van der Waals surface area contributed by atoms with Crippen molar-refractivity contribution in [1.82, 2.24) is 5.32 Å². The van der Waals surface area contributed by atoms with Gasteiger partial charge in [-0.25, -0.2) is 0 Å². The highest BCUT2D eigenvalue weighted by molar-refractivity contribution is 5.04. The van der Waals surface area contributed by atoms with Crippen LogP contribution in [0.2, 0.25) is 0 Å². The number of nitrogens with one attached hydrogen (secondary N) is 1. The van der Waals surface area contributed by atoms with Crippen molar-refractivity contribution in [2.24, 2.45) is 11.3 Å². The molecule has 0 aromatic rings. The molecule has 19 heavy (non-hydrogen) atoms.